The number of aromatic amines is 1. The topological polar surface area (TPSA) is 81.5 Å². The lowest BCUT2D eigenvalue weighted by Crippen LogP contribution is -2.23. The average Bonchev–Trinajstić information content (AvgIpc) is 3.31. The van der Waals surface area contributed by atoms with Crippen LogP contribution < -0.4 is 0 Å². The standard InChI is InChI=1S/C28H25FN6O/c1-16-26(17(2)35(34-16)20-10-19(29)13-30-14-20)24-11-25(28-7-9-36-15-18(28)12-28)33-27(32-24)22-4-3-5-23-21(22)6-8-31-23/h3-6,8,10-11,13-14,18,31H,7,9,12,15H2,1-2H3. The first kappa shape index (κ1) is 21.4. The van der Waals surface area contributed by atoms with Crippen LogP contribution in [0.3, 0.4) is 0 Å². The molecule has 1 aliphatic heterocycles. The molecule has 5 aromatic rings. The Morgan fingerprint density at radius 3 is 2.92 bits per heavy atom. The van der Waals surface area contributed by atoms with Crippen molar-refractivity contribution < 1.29 is 9.13 Å². The summed E-state index contributed by atoms with van der Waals surface area (Å²) in [6, 6.07) is 11.8. The molecule has 36 heavy (non-hydrogen) atoms. The Kier molecular flexibility index (Phi) is 4.63. The van der Waals surface area contributed by atoms with Gasteiger partial charge in [-0.1, -0.05) is 12.1 Å². The Hall–Kier alpha value is -3.91. The molecule has 2 aliphatic rings. The molecule has 2 fully saturated rings. The summed E-state index contributed by atoms with van der Waals surface area (Å²) in [6.45, 7) is 5.49. The van der Waals surface area contributed by atoms with E-state index < -0.39 is 5.82 Å². The SMILES string of the molecule is Cc1nn(-c2cncc(F)c2)c(C)c1-c1cc(C23CCOCC2C3)nc(-c2cccc3[nH]ccc23)n1. The molecule has 4 aromatic heterocycles. The van der Waals surface area contributed by atoms with Crippen molar-refractivity contribution in [3.8, 4) is 28.3 Å². The predicted octanol–water partition coefficient (Wildman–Crippen LogP) is 5.31. The molecule has 5 heterocycles. The van der Waals surface area contributed by atoms with Crippen LogP contribution >= 0.6 is 0 Å². The summed E-state index contributed by atoms with van der Waals surface area (Å²) in [7, 11) is 0. The molecule has 8 heteroatoms. The molecule has 0 bridgehead atoms. The van der Waals surface area contributed by atoms with E-state index in [9.17, 15) is 4.39 Å². The molecular weight excluding hydrogens is 455 g/mol. The molecule has 2 atom stereocenters. The lowest BCUT2D eigenvalue weighted by atomic mass is 9.92. The van der Waals surface area contributed by atoms with E-state index in [1.54, 1.807) is 10.9 Å². The van der Waals surface area contributed by atoms with E-state index in [0.29, 0.717) is 17.4 Å². The first-order valence-electron chi connectivity index (χ1n) is 12.2. The van der Waals surface area contributed by atoms with Gasteiger partial charge in [0, 0.05) is 46.3 Å². The van der Waals surface area contributed by atoms with E-state index in [1.807, 2.05) is 26.1 Å². The van der Waals surface area contributed by atoms with Gasteiger partial charge in [-0.05, 0) is 50.8 Å². The number of nitrogens with one attached hydrogen (secondary N) is 1. The van der Waals surface area contributed by atoms with Crippen LogP contribution in [0.15, 0.2) is 55.0 Å². The molecule has 1 saturated heterocycles. The third-order valence-electron chi connectivity index (χ3n) is 7.80. The lowest BCUT2D eigenvalue weighted by Gasteiger charge is -2.23. The summed E-state index contributed by atoms with van der Waals surface area (Å²) in [5.74, 6) is 0.803. The molecule has 1 aromatic carbocycles. The minimum absolute atomic E-state index is 0.0427. The highest BCUT2D eigenvalue weighted by molar-refractivity contribution is 5.93. The van der Waals surface area contributed by atoms with E-state index in [-0.39, 0.29) is 5.41 Å². The highest BCUT2D eigenvalue weighted by atomic mass is 19.1. The summed E-state index contributed by atoms with van der Waals surface area (Å²) in [5, 5.41) is 5.83. The number of aromatic nitrogens is 6. The zero-order valence-corrected chi connectivity index (χ0v) is 20.1. The Bertz CT molecular complexity index is 1640. The number of aryl methyl sites for hydroxylation is 1. The van der Waals surface area contributed by atoms with Crippen LogP contribution in [0.1, 0.15) is 29.9 Å². The fraction of sp³-hybridized carbons (Fsp3) is 0.286. The quantitative estimate of drug-likeness (QED) is 0.377. The normalized spacial score (nSPS) is 21.0. The van der Waals surface area contributed by atoms with Gasteiger partial charge >= 0.3 is 0 Å². The molecule has 1 N–H and O–H groups in total. The van der Waals surface area contributed by atoms with Gasteiger partial charge < -0.3 is 9.72 Å². The largest absolute Gasteiger partial charge is 0.381 e. The summed E-state index contributed by atoms with van der Waals surface area (Å²) in [5.41, 5.74) is 7.22. The number of ether oxygens (including phenoxy) is 1. The second kappa shape index (κ2) is 7.80. The van der Waals surface area contributed by atoms with Crippen LogP contribution in [0.2, 0.25) is 0 Å². The van der Waals surface area contributed by atoms with Crippen molar-refractivity contribution in [2.75, 3.05) is 13.2 Å². The van der Waals surface area contributed by atoms with Gasteiger partial charge in [0.2, 0.25) is 0 Å². The van der Waals surface area contributed by atoms with Gasteiger partial charge in [-0.25, -0.2) is 19.0 Å². The van der Waals surface area contributed by atoms with Gasteiger partial charge in [0.05, 0.1) is 47.5 Å². The molecule has 7 nitrogen and oxygen atoms in total. The van der Waals surface area contributed by atoms with Crippen molar-refractivity contribution in [2.24, 2.45) is 5.92 Å². The Morgan fingerprint density at radius 2 is 2.06 bits per heavy atom. The number of halogens is 1. The van der Waals surface area contributed by atoms with Gasteiger partial charge in [-0.3, -0.25) is 4.98 Å². The van der Waals surface area contributed by atoms with Crippen molar-refractivity contribution in [3.05, 3.63) is 77.9 Å². The average molecular weight is 481 g/mol. The summed E-state index contributed by atoms with van der Waals surface area (Å²) >= 11 is 0. The van der Waals surface area contributed by atoms with E-state index in [4.69, 9.17) is 19.8 Å². The van der Waals surface area contributed by atoms with E-state index >= 15 is 0 Å². The maximum absolute atomic E-state index is 13.9. The third-order valence-corrected chi connectivity index (χ3v) is 7.80. The monoisotopic (exact) mass is 480 g/mol. The van der Waals surface area contributed by atoms with Crippen molar-refractivity contribution in [1.29, 1.82) is 0 Å². The first-order chi connectivity index (χ1) is 17.5. The number of pyridine rings is 1. The van der Waals surface area contributed by atoms with E-state index in [2.05, 4.69) is 34.2 Å². The molecule has 1 saturated carbocycles. The zero-order valence-electron chi connectivity index (χ0n) is 20.1. The van der Waals surface area contributed by atoms with Crippen LogP contribution in [-0.4, -0.2) is 42.9 Å². The van der Waals surface area contributed by atoms with Crippen molar-refractivity contribution in [1.82, 2.24) is 29.7 Å². The second-order valence-electron chi connectivity index (χ2n) is 9.91. The van der Waals surface area contributed by atoms with Gasteiger partial charge in [-0.2, -0.15) is 5.10 Å². The maximum Gasteiger partial charge on any atom is 0.160 e. The predicted molar refractivity (Wildman–Crippen MR) is 134 cm³/mol. The summed E-state index contributed by atoms with van der Waals surface area (Å²) in [4.78, 5) is 17.6. The molecule has 0 amide bonds. The van der Waals surface area contributed by atoms with E-state index in [0.717, 1.165) is 70.9 Å². The number of nitrogens with zero attached hydrogens (tertiary/aromatic N) is 5. The van der Waals surface area contributed by atoms with Gasteiger partial charge in [0.15, 0.2) is 5.82 Å². The van der Waals surface area contributed by atoms with Crippen LogP contribution in [0, 0.1) is 25.6 Å². The molecule has 7 rings (SSSR count). The smallest absolute Gasteiger partial charge is 0.160 e. The molecule has 1 aliphatic carbocycles. The lowest BCUT2D eigenvalue weighted by molar-refractivity contribution is 0.0794. The minimum Gasteiger partial charge on any atom is -0.381 e. The van der Waals surface area contributed by atoms with E-state index in [1.165, 1.54) is 12.3 Å². The van der Waals surface area contributed by atoms with Crippen LogP contribution in [-0.2, 0) is 10.2 Å². The minimum atomic E-state index is -0.397. The molecule has 2 unspecified atom stereocenters. The number of H-pyrrole nitrogens is 1. The number of fused-ring (bicyclic) bond motifs is 2. The number of hydrogen-bond donors (Lipinski definition) is 1. The summed E-state index contributed by atoms with van der Waals surface area (Å²) in [6.07, 6.45) is 6.81. The van der Waals surface area contributed by atoms with Gasteiger partial charge in [0.1, 0.15) is 5.82 Å². The highest BCUT2D eigenvalue weighted by Gasteiger charge is 2.58. The number of rotatable bonds is 4. The van der Waals surface area contributed by atoms with Crippen LogP contribution in [0.4, 0.5) is 4.39 Å². The number of hydrogen-bond acceptors (Lipinski definition) is 5. The maximum atomic E-state index is 13.9. The molecular formula is C28H25FN6O. The zero-order chi connectivity index (χ0) is 24.4. The Labute approximate surface area is 207 Å². The van der Waals surface area contributed by atoms with Crippen LogP contribution in [0.25, 0.3) is 39.2 Å². The fourth-order valence-electron chi connectivity index (χ4n) is 5.84. The van der Waals surface area contributed by atoms with Gasteiger partial charge in [0.25, 0.3) is 0 Å². The van der Waals surface area contributed by atoms with Crippen molar-refractivity contribution in [2.45, 2.75) is 32.1 Å². The fourth-order valence-corrected chi connectivity index (χ4v) is 5.84. The third kappa shape index (κ3) is 3.21. The van der Waals surface area contributed by atoms with Crippen LogP contribution in [0.5, 0.6) is 0 Å². The Morgan fingerprint density at radius 1 is 1.14 bits per heavy atom. The summed E-state index contributed by atoms with van der Waals surface area (Å²) < 4.78 is 21.4. The van der Waals surface area contributed by atoms with Gasteiger partial charge in [-0.15, -0.1) is 0 Å². The molecule has 0 radical (unpaired) electrons. The van der Waals surface area contributed by atoms with Crippen molar-refractivity contribution in [3.63, 3.8) is 0 Å². The highest BCUT2D eigenvalue weighted by Crippen LogP contribution is 2.58. The van der Waals surface area contributed by atoms with Crippen molar-refractivity contribution >= 4 is 10.9 Å². The second-order valence-corrected chi connectivity index (χ2v) is 9.91. The Balaban J connectivity index is 1.44. The molecule has 180 valence electrons. The molecule has 0 spiro atoms. The first-order valence-corrected chi connectivity index (χ1v) is 12.2. The number of benzene rings is 1.